The number of rotatable bonds is 5. The number of halogens is 3. The van der Waals surface area contributed by atoms with Crippen molar-refractivity contribution in [3.05, 3.63) is 77.4 Å². The lowest BCUT2D eigenvalue weighted by Crippen LogP contribution is -2.28. The Kier molecular flexibility index (Phi) is 5.65. The van der Waals surface area contributed by atoms with Crippen LogP contribution in [0, 0.1) is 0 Å². The molecule has 1 fully saturated rings. The summed E-state index contributed by atoms with van der Waals surface area (Å²) in [5, 5.41) is 2.67. The van der Waals surface area contributed by atoms with Gasteiger partial charge >= 0.3 is 6.18 Å². The van der Waals surface area contributed by atoms with Gasteiger partial charge in [0.15, 0.2) is 11.5 Å². The number of hydrogen-bond acceptors (Lipinski definition) is 4. The van der Waals surface area contributed by atoms with Gasteiger partial charge < -0.3 is 19.7 Å². The van der Waals surface area contributed by atoms with Crippen LogP contribution in [0.4, 0.5) is 18.9 Å². The summed E-state index contributed by atoms with van der Waals surface area (Å²) in [6.45, 7) is 0.108. The number of anilines is 1. The number of carbonyl (C=O) groups is 2. The summed E-state index contributed by atoms with van der Waals surface area (Å²) >= 11 is 0. The molecule has 5 rings (SSSR count). The number of nitrogens with zero attached hydrogens (tertiary/aromatic N) is 1. The second-order valence-electron chi connectivity index (χ2n) is 9.14. The van der Waals surface area contributed by atoms with E-state index in [1.54, 1.807) is 44.4 Å². The molecule has 0 saturated heterocycles. The number of fused-ring (bicyclic) bond motifs is 1. The lowest BCUT2D eigenvalue weighted by molar-refractivity contribution is -0.137. The van der Waals surface area contributed by atoms with Crippen molar-refractivity contribution >= 4 is 17.5 Å². The fourth-order valence-corrected chi connectivity index (χ4v) is 4.40. The fraction of sp³-hybridized carbons (Fsp3) is 0.259. The number of amides is 2. The molecule has 2 aliphatic rings. The maximum atomic E-state index is 14.1. The van der Waals surface area contributed by atoms with Crippen LogP contribution in [0.3, 0.4) is 0 Å². The van der Waals surface area contributed by atoms with E-state index in [0.29, 0.717) is 24.3 Å². The van der Waals surface area contributed by atoms with Crippen LogP contribution in [0.1, 0.15) is 34.3 Å². The predicted octanol–water partition coefficient (Wildman–Crippen LogP) is 5.47. The van der Waals surface area contributed by atoms with Gasteiger partial charge in [-0.3, -0.25) is 9.59 Å². The number of carbonyl (C=O) groups excluding carboxylic acids is 2. The molecule has 0 atom stereocenters. The summed E-state index contributed by atoms with van der Waals surface area (Å²) < 4.78 is 52.9. The molecule has 3 aromatic rings. The largest absolute Gasteiger partial charge is 0.454 e. The third kappa shape index (κ3) is 4.25. The van der Waals surface area contributed by atoms with Gasteiger partial charge in [0, 0.05) is 25.3 Å². The van der Waals surface area contributed by atoms with Crippen molar-refractivity contribution in [3.8, 4) is 22.6 Å². The highest BCUT2D eigenvalue weighted by Gasteiger charge is 2.51. The first-order valence-electron chi connectivity index (χ1n) is 11.3. The Morgan fingerprint density at radius 3 is 2.39 bits per heavy atom. The average Bonchev–Trinajstić information content (AvgIpc) is 3.53. The molecular formula is C27H23F3N2O4. The smallest absolute Gasteiger partial charge is 0.417 e. The first-order valence-corrected chi connectivity index (χ1v) is 11.3. The van der Waals surface area contributed by atoms with Gasteiger partial charge in [0.1, 0.15) is 0 Å². The van der Waals surface area contributed by atoms with Crippen LogP contribution >= 0.6 is 0 Å². The molecule has 9 heteroatoms. The van der Waals surface area contributed by atoms with Gasteiger partial charge in [-0.15, -0.1) is 0 Å². The molecule has 1 N–H and O–H groups in total. The van der Waals surface area contributed by atoms with E-state index < -0.39 is 17.2 Å². The molecule has 0 radical (unpaired) electrons. The van der Waals surface area contributed by atoms with Crippen LogP contribution in [0.15, 0.2) is 60.7 Å². The molecule has 36 heavy (non-hydrogen) atoms. The van der Waals surface area contributed by atoms with Gasteiger partial charge in [-0.05, 0) is 65.9 Å². The fourth-order valence-electron chi connectivity index (χ4n) is 4.40. The van der Waals surface area contributed by atoms with Crippen LogP contribution in [0.25, 0.3) is 11.1 Å². The quantitative estimate of drug-likeness (QED) is 0.509. The second kappa shape index (κ2) is 8.58. The minimum atomic E-state index is -4.67. The molecule has 0 bridgehead atoms. The van der Waals surface area contributed by atoms with Crippen molar-refractivity contribution in [2.24, 2.45) is 0 Å². The summed E-state index contributed by atoms with van der Waals surface area (Å²) in [6.07, 6.45) is -3.52. The number of hydrogen-bond donors (Lipinski definition) is 1. The molecule has 6 nitrogen and oxygen atoms in total. The van der Waals surface area contributed by atoms with Crippen LogP contribution in [0.5, 0.6) is 11.5 Å². The number of ether oxygens (including phenoxy) is 2. The van der Waals surface area contributed by atoms with Gasteiger partial charge in [0.2, 0.25) is 12.7 Å². The Hall–Kier alpha value is -4.01. The minimum Gasteiger partial charge on any atom is -0.454 e. The molecule has 0 aromatic heterocycles. The minimum absolute atomic E-state index is 0.0450. The first-order chi connectivity index (χ1) is 17.1. The highest BCUT2D eigenvalue weighted by molar-refractivity contribution is 6.02. The SMILES string of the molecule is CN(C)C(=O)c1cccc(-c2ccc(NC(=O)C3(c4ccc5c(c4)OCO5)CC3)cc2C(F)(F)F)c1. The highest BCUT2D eigenvalue weighted by atomic mass is 19.4. The topological polar surface area (TPSA) is 67.9 Å². The molecule has 186 valence electrons. The van der Waals surface area contributed by atoms with Gasteiger partial charge in [-0.2, -0.15) is 13.2 Å². The summed E-state index contributed by atoms with van der Waals surface area (Å²) in [5.41, 5.74) is -0.482. The Balaban J connectivity index is 1.44. The van der Waals surface area contributed by atoms with E-state index in [2.05, 4.69) is 5.32 Å². The van der Waals surface area contributed by atoms with Crippen molar-refractivity contribution in [2.45, 2.75) is 24.4 Å². The zero-order valence-electron chi connectivity index (χ0n) is 19.6. The van der Waals surface area contributed by atoms with E-state index in [-0.39, 0.29) is 41.0 Å². The third-order valence-corrected chi connectivity index (χ3v) is 6.52. The molecular weight excluding hydrogens is 473 g/mol. The Bertz CT molecular complexity index is 1360. The highest BCUT2D eigenvalue weighted by Crippen LogP contribution is 2.51. The molecule has 2 amide bonds. The average molecular weight is 496 g/mol. The van der Waals surface area contributed by atoms with E-state index >= 15 is 0 Å². The van der Waals surface area contributed by atoms with E-state index in [1.165, 1.54) is 29.2 Å². The van der Waals surface area contributed by atoms with Gasteiger partial charge in [0.25, 0.3) is 5.91 Å². The third-order valence-electron chi connectivity index (χ3n) is 6.52. The summed E-state index contributed by atoms with van der Waals surface area (Å²) in [4.78, 5) is 26.9. The van der Waals surface area contributed by atoms with E-state index in [9.17, 15) is 22.8 Å². The van der Waals surface area contributed by atoms with Crippen molar-refractivity contribution in [1.29, 1.82) is 0 Å². The van der Waals surface area contributed by atoms with Gasteiger partial charge in [0.05, 0.1) is 11.0 Å². The predicted molar refractivity (Wildman–Crippen MR) is 127 cm³/mol. The summed E-state index contributed by atoms with van der Waals surface area (Å²) in [7, 11) is 3.15. The molecule has 1 saturated carbocycles. The van der Waals surface area contributed by atoms with Crippen LogP contribution < -0.4 is 14.8 Å². The number of benzene rings is 3. The molecule has 1 aliphatic carbocycles. The monoisotopic (exact) mass is 496 g/mol. The van der Waals surface area contributed by atoms with Crippen molar-refractivity contribution in [1.82, 2.24) is 4.90 Å². The summed E-state index contributed by atoms with van der Waals surface area (Å²) in [5.74, 6) is 0.454. The molecule has 1 heterocycles. The molecule has 0 spiro atoms. The molecule has 0 unspecified atom stereocenters. The van der Waals surface area contributed by atoms with Crippen molar-refractivity contribution in [3.63, 3.8) is 0 Å². The molecule has 3 aromatic carbocycles. The summed E-state index contributed by atoms with van der Waals surface area (Å²) in [6, 6.07) is 15.0. The maximum absolute atomic E-state index is 14.1. The van der Waals surface area contributed by atoms with Crippen molar-refractivity contribution < 1.29 is 32.2 Å². The number of nitrogens with one attached hydrogen (secondary N) is 1. The van der Waals surface area contributed by atoms with Crippen LogP contribution in [-0.4, -0.2) is 37.6 Å². The Labute approximate surface area is 205 Å². The zero-order valence-corrected chi connectivity index (χ0v) is 19.6. The van der Waals surface area contributed by atoms with Crippen LogP contribution in [0.2, 0.25) is 0 Å². The normalized spacial score (nSPS) is 15.4. The van der Waals surface area contributed by atoms with E-state index in [1.807, 2.05) is 0 Å². The van der Waals surface area contributed by atoms with E-state index in [0.717, 1.165) is 11.6 Å². The van der Waals surface area contributed by atoms with E-state index in [4.69, 9.17) is 9.47 Å². The second-order valence-corrected chi connectivity index (χ2v) is 9.14. The number of alkyl halides is 3. The lowest BCUT2D eigenvalue weighted by Gasteiger charge is -2.19. The molecule has 1 aliphatic heterocycles. The Morgan fingerprint density at radius 2 is 1.69 bits per heavy atom. The Morgan fingerprint density at radius 1 is 0.944 bits per heavy atom. The van der Waals surface area contributed by atoms with Crippen LogP contribution in [-0.2, 0) is 16.4 Å². The first kappa shape index (κ1) is 23.7. The zero-order chi connectivity index (χ0) is 25.7. The standard InChI is InChI=1S/C27H23F3N2O4/c1-32(2)24(33)17-5-3-4-16(12-17)20-8-7-19(14-21(20)27(28,29)30)31-25(34)26(10-11-26)18-6-9-22-23(13-18)36-15-35-22/h3-9,12-14H,10-11,15H2,1-2H3,(H,31,34). The van der Waals surface area contributed by atoms with Crippen molar-refractivity contribution in [2.75, 3.05) is 26.2 Å². The maximum Gasteiger partial charge on any atom is 0.417 e. The lowest BCUT2D eigenvalue weighted by atomic mass is 9.93. The van der Waals surface area contributed by atoms with Gasteiger partial charge in [-0.25, -0.2) is 0 Å². The van der Waals surface area contributed by atoms with Gasteiger partial charge in [-0.1, -0.05) is 24.3 Å².